The minimum Gasteiger partial charge on any atom is -0.508 e. The van der Waals surface area contributed by atoms with E-state index >= 15 is 0 Å². The van der Waals surface area contributed by atoms with Gasteiger partial charge < -0.3 is 10.1 Å². The lowest BCUT2D eigenvalue weighted by molar-refractivity contribution is 0.475. The van der Waals surface area contributed by atoms with Crippen LogP contribution in [0.15, 0.2) is 53.5 Å². The number of phenols is 1. The zero-order chi connectivity index (χ0) is 12.4. The van der Waals surface area contributed by atoms with E-state index in [1.807, 2.05) is 24.3 Å². The zero-order valence-electron chi connectivity index (χ0n) is 9.54. The first kappa shape index (κ1) is 10.5. The van der Waals surface area contributed by atoms with Crippen molar-refractivity contribution in [3.63, 3.8) is 0 Å². The number of imidazole rings is 1. The van der Waals surface area contributed by atoms with Crippen molar-refractivity contribution in [3.8, 4) is 5.75 Å². The number of aromatic amines is 1. The Bertz CT molecular complexity index is 665. The highest BCUT2D eigenvalue weighted by atomic mass is 16.3. The number of hydrogen-bond donors (Lipinski definition) is 2. The van der Waals surface area contributed by atoms with Crippen LogP contribution in [0.5, 0.6) is 5.75 Å². The summed E-state index contributed by atoms with van der Waals surface area (Å²) in [5, 5.41) is 9.17. The Labute approximate surface area is 104 Å². The van der Waals surface area contributed by atoms with Gasteiger partial charge in [-0.1, -0.05) is 12.1 Å². The number of nitrogens with zero attached hydrogens (tertiary/aromatic N) is 2. The minimum atomic E-state index is 0.234. The minimum absolute atomic E-state index is 0.234. The summed E-state index contributed by atoms with van der Waals surface area (Å²) < 4.78 is 0. The number of phenolic OH excluding ortho intramolecular Hbond substituents is 1. The number of nitrogens with one attached hydrogen (secondary N) is 1. The number of benzene rings is 2. The molecule has 0 fully saturated rings. The molecule has 2 aromatic carbocycles. The highest BCUT2D eigenvalue weighted by Crippen LogP contribution is 2.16. The Morgan fingerprint density at radius 3 is 2.61 bits per heavy atom. The van der Waals surface area contributed by atoms with Gasteiger partial charge in [-0.05, 0) is 36.4 Å². The van der Waals surface area contributed by atoms with Crippen LogP contribution in [0.4, 0.5) is 5.69 Å². The molecule has 0 saturated heterocycles. The average Bonchev–Trinajstić information content (AvgIpc) is 2.81. The SMILES string of the molecule is Oc1ccc(N=Cc2nc3ccccc3[nH]2)cc1. The van der Waals surface area contributed by atoms with E-state index in [0.717, 1.165) is 16.7 Å². The van der Waals surface area contributed by atoms with E-state index in [0.29, 0.717) is 5.82 Å². The molecule has 18 heavy (non-hydrogen) atoms. The quantitative estimate of drug-likeness (QED) is 0.673. The first-order chi connectivity index (χ1) is 8.81. The smallest absolute Gasteiger partial charge is 0.149 e. The molecule has 0 amide bonds. The van der Waals surface area contributed by atoms with Gasteiger partial charge in [-0.3, -0.25) is 4.99 Å². The van der Waals surface area contributed by atoms with Gasteiger partial charge >= 0.3 is 0 Å². The summed E-state index contributed by atoms with van der Waals surface area (Å²) in [6.07, 6.45) is 1.67. The van der Waals surface area contributed by atoms with Crippen LogP contribution in [0.25, 0.3) is 11.0 Å². The molecule has 0 saturated carbocycles. The lowest BCUT2D eigenvalue weighted by atomic mass is 10.3. The van der Waals surface area contributed by atoms with Crippen LogP contribution in [0.2, 0.25) is 0 Å². The fourth-order valence-corrected chi connectivity index (χ4v) is 1.71. The fourth-order valence-electron chi connectivity index (χ4n) is 1.71. The molecule has 1 aromatic heterocycles. The van der Waals surface area contributed by atoms with Crippen LogP contribution < -0.4 is 0 Å². The van der Waals surface area contributed by atoms with Crippen molar-refractivity contribution in [2.75, 3.05) is 0 Å². The maximum absolute atomic E-state index is 9.17. The van der Waals surface area contributed by atoms with Crippen molar-refractivity contribution < 1.29 is 5.11 Å². The molecule has 0 bridgehead atoms. The second kappa shape index (κ2) is 4.33. The summed E-state index contributed by atoms with van der Waals surface area (Å²) in [4.78, 5) is 11.8. The predicted molar refractivity (Wildman–Crippen MR) is 71.5 cm³/mol. The first-order valence-corrected chi connectivity index (χ1v) is 5.59. The van der Waals surface area contributed by atoms with Crippen LogP contribution >= 0.6 is 0 Å². The van der Waals surface area contributed by atoms with Crippen LogP contribution in [0, 0.1) is 0 Å². The van der Waals surface area contributed by atoms with E-state index in [9.17, 15) is 0 Å². The normalized spacial score (nSPS) is 11.3. The molecular formula is C14H11N3O. The van der Waals surface area contributed by atoms with Gasteiger partial charge in [-0.25, -0.2) is 4.98 Å². The van der Waals surface area contributed by atoms with Crippen molar-refractivity contribution >= 4 is 22.9 Å². The van der Waals surface area contributed by atoms with Gasteiger partial charge in [-0.15, -0.1) is 0 Å². The van der Waals surface area contributed by atoms with Crippen LogP contribution in [0.1, 0.15) is 5.82 Å². The molecule has 2 N–H and O–H groups in total. The average molecular weight is 237 g/mol. The predicted octanol–water partition coefficient (Wildman–Crippen LogP) is 3.02. The monoisotopic (exact) mass is 237 g/mol. The molecule has 0 atom stereocenters. The maximum atomic E-state index is 9.17. The topological polar surface area (TPSA) is 61.3 Å². The van der Waals surface area contributed by atoms with Crippen LogP contribution in [-0.4, -0.2) is 21.3 Å². The van der Waals surface area contributed by atoms with E-state index in [4.69, 9.17) is 5.11 Å². The van der Waals surface area contributed by atoms with Gasteiger partial charge in [0.15, 0.2) is 0 Å². The molecule has 0 aliphatic carbocycles. The fraction of sp³-hybridized carbons (Fsp3) is 0. The highest BCUT2D eigenvalue weighted by Gasteiger charge is 1.98. The molecule has 4 nitrogen and oxygen atoms in total. The summed E-state index contributed by atoms with van der Waals surface area (Å²) in [6.45, 7) is 0. The van der Waals surface area contributed by atoms with E-state index in [2.05, 4.69) is 15.0 Å². The third-order valence-electron chi connectivity index (χ3n) is 2.59. The second-order valence-corrected chi connectivity index (χ2v) is 3.91. The summed E-state index contributed by atoms with van der Waals surface area (Å²) in [6, 6.07) is 14.5. The standard InChI is InChI=1S/C14H11N3O/c18-11-7-5-10(6-8-11)15-9-14-16-12-3-1-2-4-13(12)17-14/h1-9,18H,(H,16,17). The first-order valence-electron chi connectivity index (χ1n) is 5.59. The third-order valence-corrected chi connectivity index (χ3v) is 2.59. The maximum Gasteiger partial charge on any atom is 0.149 e. The summed E-state index contributed by atoms with van der Waals surface area (Å²) in [5.74, 6) is 0.946. The number of aromatic nitrogens is 2. The Morgan fingerprint density at radius 2 is 1.83 bits per heavy atom. The number of rotatable bonds is 2. The van der Waals surface area contributed by atoms with Crippen molar-refractivity contribution in [1.82, 2.24) is 9.97 Å². The molecule has 1 heterocycles. The lowest BCUT2D eigenvalue weighted by Crippen LogP contribution is -1.82. The van der Waals surface area contributed by atoms with Gasteiger partial charge in [0.25, 0.3) is 0 Å². The van der Waals surface area contributed by atoms with E-state index in [1.165, 1.54) is 0 Å². The van der Waals surface area contributed by atoms with Crippen LogP contribution in [0.3, 0.4) is 0 Å². The summed E-state index contributed by atoms with van der Waals surface area (Å²) in [7, 11) is 0. The van der Waals surface area contributed by atoms with E-state index in [-0.39, 0.29) is 5.75 Å². The summed E-state index contributed by atoms with van der Waals surface area (Å²) in [5.41, 5.74) is 2.68. The van der Waals surface area contributed by atoms with E-state index < -0.39 is 0 Å². The van der Waals surface area contributed by atoms with Gasteiger partial charge in [-0.2, -0.15) is 0 Å². The third kappa shape index (κ3) is 2.08. The number of para-hydroxylation sites is 2. The molecule has 3 rings (SSSR count). The Morgan fingerprint density at radius 1 is 1.06 bits per heavy atom. The van der Waals surface area contributed by atoms with E-state index in [1.54, 1.807) is 30.5 Å². The van der Waals surface area contributed by atoms with Crippen molar-refractivity contribution in [1.29, 1.82) is 0 Å². The molecule has 0 unspecified atom stereocenters. The van der Waals surface area contributed by atoms with Crippen molar-refractivity contribution in [2.45, 2.75) is 0 Å². The van der Waals surface area contributed by atoms with Crippen LogP contribution in [-0.2, 0) is 0 Å². The number of aliphatic imine (C=N–C) groups is 1. The van der Waals surface area contributed by atoms with Crippen molar-refractivity contribution in [2.24, 2.45) is 4.99 Å². The molecule has 0 radical (unpaired) electrons. The number of aromatic hydroxyl groups is 1. The zero-order valence-corrected chi connectivity index (χ0v) is 9.54. The lowest BCUT2D eigenvalue weighted by Gasteiger charge is -1.92. The molecule has 88 valence electrons. The molecular weight excluding hydrogens is 226 g/mol. The van der Waals surface area contributed by atoms with Gasteiger partial charge in [0.1, 0.15) is 11.6 Å². The molecule has 0 aliphatic rings. The largest absolute Gasteiger partial charge is 0.508 e. The molecule has 4 heteroatoms. The van der Waals surface area contributed by atoms with Crippen molar-refractivity contribution in [3.05, 3.63) is 54.4 Å². The number of hydrogen-bond acceptors (Lipinski definition) is 3. The van der Waals surface area contributed by atoms with Gasteiger partial charge in [0.05, 0.1) is 22.9 Å². The Hall–Kier alpha value is -2.62. The molecule has 0 aliphatic heterocycles. The number of fused-ring (bicyclic) bond motifs is 1. The highest BCUT2D eigenvalue weighted by molar-refractivity contribution is 5.85. The van der Waals surface area contributed by atoms with Gasteiger partial charge in [0, 0.05) is 0 Å². The molecule has 0 spiro atoms. The Kier molecular flexibility index (Phi) is 2.53. The van der Waals surface area contributed by atoms with Gasteiger partial charge in [0.2, 0.25) is 0 Å². The summed E-state index contributed by atoms with van der Waals surface area (Å²) >= 11 is 0. The molecule has 3 aromatic rings. The number of H-pyrrole nitrogens is 1. The second-order valence-electron chi connectivity index (χ2n) is 3.91. The Balaban J connectivity index is 1.89.